The van der Waals surface area contributed by atoms with Gasteiger partial charge in [-0.2, -0.15) is 4.58 Å². The van der Waals surface area contributed by atoms with Gasteiger partial charge in [0.2, 0.25) is 24.0 Å². The summed E-state index contributed by atoms with van der Waals surface area (Å²) in [6.07, 6.45) is 0.533. The van der Waals surface area contributed by atoms with Crippen molar-refractivity contribution in [2.24, 2.45) is 0 Å². The summed E-state index contributed by atoms with van der Waals surface area (Å²) in [6.45, 7) is 4.71. The number of halogens is 1. The predicted octanol–water partition coefficient (Wildman–Crippen LogP) is 1.71. The highest BCUT2D eigenvalue weighted by Crippen LogP contribution is 2.30. The molecule has 1 fully saturated rings. The van der Waals surface area contributed by atoms with E-state index in [0.717, 1.165) is 14.7 Å². The fourth-order valence-electron chi connectivity index (χ4n) is 3.91. The van der Waals surface area contributed by atoms with Crippen LogP contribution in [0.1, 0.15) is 34.3 Å². The van der Waals surface area contributed by atoms with E-state index in [2.05, 4.69) is 39.9 Å². The van der Waals surface area contributed by atoms with Gasteiger partial charge >= 0.3 is 0 Å². The third kappa shape index (κ3) is 4.72. The predicted molar refractivity (Wildman–Crippen MR) is 125 cm³/mol. The Hall–Kier alpha value is -3.08. The molecule has 2 aromatic carbocycles. The zero-order chi connectivity index (χ0) is 22.8. The lowest BCUT2D eigenvalue weighted by Crippen LogP contribution is -2.52. The Morgan fingerprint density at radius 2 is 2.03 bits per heavy atom. The number of fused-ring (bicyclic) bond motifs is 1. The van der Waals surface area contributed by atoms with Gasteiger partial charge in [-0.25, -0.2) is 0 Å². The van der Waals surface area contributed by atoms with Crippen LogP contribution in [0, 0.1) is 3.57 Å². The van der Waals surface area contributed by atoms with Crippen LogP contribution >= 0.6 is 22.6 Å². The largest absolute Gasteiger partial charge is 0.347 e. The maximum atomic E-state index is 12.9. The van der Waals surface area contributed by atoms with Crippen molar-refractivity contribution >= 4 is 58.6 Å². The van der Waals surface area contributed by atoms with Gasteiger partial charge in [-0.15, -0.1) is 0 Å². The quantitative estimate of drug-likeness (QED) is 0.250. The van der Waals surface area contributed by atoms with Crippen molar-refractivity contribution in [3.63, 3.8) is 0 Å². The van der Waals surface area contributed by atoms with Gasteiger partial charge in [0.05, 0.1) is 5.56 Å². The number of carbonyl (C=O) groups excluding carboxylic acids is 4. The Balaban J connectivity index is 1.39. The Labute approximate surface area is 198 Å². The minimum absolute atomic E-state index is 0.0355. The van der Waals surface area contributed by atoms with E-state index >= 15 is 0 Å². The van der Waals surface area contributed by atoms with E-state index in [9.17, 15) is 19.2 Å². The summed E-state index contributed by atoms with van der Waals surface area (Å²) in [6, 6.07) is 12.5. The first-order valence-electron chi connectivity index (χ1n) is 10.2. The van der Waals surface area contributed by atoms with Gasteiger partial charge in [-0.3, -0.25) is 24.5 Å². The summed E-state index contributed by atoms with van der Waals surface area (Å²) >= 11 is 2.22. The second kappa shape index (κ2) is 9.19. The molecule has 2 heterocycles. The summed E-state index contributed by atoms with van der Waals surface area (Å²) in [5, 5.41) is 5.17. The minimum Gasteiger partial charge on any atom is -0.347 e. The van der Waals surface area contributed by atoms with Gasteiger partial charge in [0.1, 0.15) is 12.8 Å². The number of amides is 4. The number of nitrogens with zero attached hydrogens (tertiary/aromatic N) is 2. The normalized spacial score (nSPS) is 17.7. The summed E-state index contributed by atoms with van der Waals surface area (Å²) in [7, 11) is 0. The zero-order valence-electron chi connectivity index (χ0n) is 17.3. The van der Waals surface area contributed by atoms with E-state index in [1.54, 1.807) is 12.1 Å². The number of imide groups is 1. The number of carbonyl (C=O) groups is 4. The Bertz CT molecular complexity index is 1150. The van der Waals surface area contributed by atoms with Crippen LogP contribution in [0.3, 0.4) is 0 Å². The monoisotopic (exact) mass is 545 g/mol. The average Bonchev–Trinajstić information content (AvgIpc) is 3.08. The molecular weight excluding hydrogens is 523 g/mol. The van der Waals surface area contributed by atoms with Crippen molar-refractivity contribution in [1.29, 1.82) is 0 Å². The standard InChI is InChI=1S/C23H21IN4O4/c1-27(13-21(30)25-11-14-3-2-4-16(24)9-14)17-6-5-15-12-28(23(32)18(15)10-17)19-7-8-20(29)26-22(19)31/h2-6,9-10,19H,1,7-8,11-13H2,(H-,25,26,29,30,31)/p+1. The van der Waals surface area contributed by atoms with E-state index in [1.807, 2.05) is 30.3 Å². The molecule has 0 saturated carbocycles. The molecule has 1 saturated heterocycles. The Morgan fingerprint density at radius 1 is 1.22 bits per heavy atom. The molecule has 4 amide bonds. The van der Waals surface area contributed by atoms with Gasteiger partial charge in [-0.1, -0.05) is 12.1 Å². The second-order valence-electron chi connectivity index (χ2n) is 7.85. The SMILES string of the molecule is C=[N+](CC(=O)NCc1cccc(I)c1)c1ccc2c(c1)C(=O)N(C1CCC(=O)NC1=O)C2. The molecule has 9 heteroatoms. The number of benzene rings is 2. The molecule has 0 bridgehead atoms. The second-order valence-corrected chi connectivity index (χ2v) is 9.09. The highest BCUT2D eigenvalue weighted by molar-refractivity contribution is 14.1. The summed E-state index contributed by atoms with van der Waals surface area (Å²) in [5.41, 5.74) is 2.93. The third-order valence-corrected chi connectivity index (χ3v) is 6.26. The summed E-state index contributed by atoms with van der Waals surface area (Å²) < 4.78 is 2.63. The maximum Gasteiger partial charge on any atom is 0.286 e. The zero-order valence-corrected chi connectivity index (χ0v) is 19.4. The summed E-state index contributed by atoms with van der Waals surface area (Å²) in [4.78, 5) is 50.4. The molecule has 2 aromatic rings. The van der Waals surface area contributed by atoms with Crippen LogP contribution in [0.4, 0.5) is 5.69 Å². The van der Waals surface area contributed by atoms with E-state index in [1.165, 1.54) is 9.48 Å². The van der Waals surface area contributed by atoms with E-state index in [4.69, 9.17) is 0 Å². The van der Waals surface area contributed by atoms with E-state index < -0.39 is 11.9 Å². The minimum atomic E-state index is -0.654. The van der Waals surface area contributed by atoms with Crippen molar-refractivity contribution in [2.75, 3.05) is 6.54 Å². The van der Waals surface area contributed by atoms with Crippen LogP contribution in [-0.2, 0) is 27.5 Å². The molecule has 0 radical (unpaired) electrons. The highest BCUT2D eigenvalue weighted by Gasteiger charge is 2.39. The highest BCUT2D eigenvalue weighted by atomic mass is 127. The molecule has 0 aromatic heterocycles. The number of rotatable bonds is 6. The molecule has 1 unspecified atom stereocenters. The van der Waals surface area contributed by atoms with Crippen molar-refractivity contribution in [3.8, 4) is 0 Å². The molecule has 164 valence electrons. The molecule has 4 rings (SSSR count). The molecule has 32 heavy (non-hydrogen) atoms. The number of hydrogen-bond acceptors (Lipinski definition) is 4. The summed E-state index contributed by atoms with van der Waals surface area (Å²) in [5.74, 6) is -1.19. The smallest absolute Gasteiger partial charge is 0.286 e. The van der Waals surface area contributed by atoms with Crippen molar-refractivity contribution in [1.82, 2.24) is 15.5 Å². The van der Waals surface area contributed by atoms with Gasteiger partial charge in [0, 0.05) is 35.2 Å². The molecule has 8 nitrogen and oxygen atoms in total. The third-order valence-electron chi connectivity index (χ3n) is 5.59. The van der Waals surface area contributed by atoms with Crippen molar-refractivity contribution in [2.45, 2.75) is 32.0 Å². The maximum absolute atomic E-state index is 12.9. The number of nitrogens with one attached hydrogen (secondary N) is 2. The lowest BCUT2D eigenvalue weighted by Gasteiger charge is -2.29. The first kappa shape index (κ1) is 22.1. The van der Waals surface area contributed by atoms with Crippen LogP contribution in [0.5, 0.6) is 0 Å². The van der Waals surface area contributed by atoms with Gasteiger partial charge < -0.3 is 10.2 Å². The van der Waals surface area contributed by atoms with E-state index in [-0.39, 0.29) is 30.7 Å². The first-order chi connectivity index (χ1) is 15.3. The number of hydrogen-bond donors (Lipinski definition) is 2. The fraction of sp³-hybridized carbons (Fsp3) is 0.261. The van der Waals surface area contributed by atoms with Gasteiger partial charge in [0.25, 0.3) is 11.8 Å². The van der Waals surface area contributed by atoms with Crippen LogP contribution in [0.15, 0.2) is 42.5 Å². The molecule has 1 atom stereocenters. The lowest BCUT2D eigenvalue weighted by atomic mass is 10.0. The van der Waals surface area contributed by atoms with Crippen LogP contribution < -0.4 is 10.6 Å². The average molecular weight is 545 g/mol. The molecule has 0 aliphatic carbocycles. The molecule has 2 aliphatic heterocycles. The Kier molecular flexibility index (Phi) is 6.35. The van der Waals surface area contributed by atoms with Crippen LogP contribution in [-0.4, -0.2) is 52.4 Å². The van der Waals surface area contributed by atoms with Crippen molar-refractivity contribution < 1.29 is 23.8 Å². The Morgan fingerprint density at radius 3 is 2.78 bits per heavy atom. The van der Waals surface area contributed by atoms with E-state index in [0.29, 0.717) is 30.8 Å². The van der Waals surface area contributed by atoms with Crippen LogP contribution in [0.2, 0.25) is 0 Å². The lowest BCUT2D eigenvalue weighted by molar-refractivity contribution is -0.419. The topological polar surface area (TPSA) is 98.6 Å². The fourth-order valence-corrected chi connectivity index (χ4v) is 4.52. The van der Waals surface area contributed by atoms with Crippen molar-refractivity contribution in [3.05, 3.63) is 62.7 Å². The van der Waals surface area contributed by atoms with Gasteiger partial charge in [0.15, 0.2) is 0 Å². The molecule has 0 spiro atoms. The molecule has 2 aliphatic rings. The number of piperidine rings is 1. The first-order valence-corrected chi connectivity index (χ1v) is 11.3. The molecule has 2 N–H and O–H groups in total. The molecular formula is C23H22IN4O4+. The van der Waals surface area contributed by atoms with Gasteiger partial charge in [-0.05, 0) is 58.3 Å². The van der Waals surface area contributed by atoms with Crippen LogP contribution in [0.25, 0.3) is 0 Å².